The standard InChI is InChI=1S/C14H15FN2OS/c1-8-3-6-13(19-8)9(2)17-10-4-5-12(15)11(7-10)14(16)18/h3-7,9,17H,1-2H3,(H2,16,18). The summed E-state index contributed by atoms with van der Waals surface area (Å²) in [5.74, 6) is -1.36. The molecular weight excluding hydrogens is 263 g/mol. The third kappa shape index (κ3) is 3.12. The molecule has 1 aromatic heterocycles. The number of anilines is 1. The summed E-state index contributed by atoms with van der Waals surface area (Å²) in [7, 11) is 0. The van der Waals surface area contributed by atoms with Crippen LogP contribution >= 0.6 is 11.3 Å². The van der Waals surface area contributed by atoms with Crippen LogP contribution < -0.4 is 11.1 Å². The largest absolute Gasteiger partial charge is 0.378 e. The van der Waals surface area contributed by atoms with Crippen molar-refractivity contribution in [3.8, 4) is 0 Å². The van der Waals surface area contributed by atoms with E-state index in [-0.39, 0.29) is 11.6 Å². The van der Waals surface area contributed by atoms with Crippen molar-refractivity contribution < 1.29 is 9.18 Å². The van der Waals surface area contributed by atoms with Crippen molar-refractivity contribution in [3.63, 3.8) is 0 Å². The molecule has 0 aliphatic rings. The van der Waals surface area contributed by atoms with Gasteiger partial charge in [0, 0.05) is 15.4 Å². The zero-order chi connectivity index (χ0) is 14.0. The number of thiophene rings is 1. The summed E-state index contributed by atoms with van der Waals surface area (Å²) in [5.41, 5.74) is 5.70. The Morgan fingerprint density at radius 1 is 1.37 bits per heavy atom. The van der Waals surface area contributed by atoms with Crippen LogP contribution in [0.25, 0.3) is 0 Å². The number of primary amides is 1. The van der Waals surface area contributed by atoms with Crippen LogP contribution in [0.4, 0.5) is 10.1 Å². The molecule has 0 aliphatic carbocycles. The van der Waals surface area contributed by atoms with E-state index in [2.05, 4.69) is 17.4 Å². The Morgan fingerprint density at radius 2 is 2.11 bits per heavy atom. The molecule has 1 atom stereocenters. The summed E-state index contributed by atoms with van der Waals surface area (Å²) in [6.07, 6.45) is 0. The van der Waals surface area contributed by atoms with Crippen LogP contribution in [-0.2, 0) is 0 Å². The molecule has 0 fully saturated rings. The number of amides is 1. The van der Waals surface area contributed by atoms with Gasteiger partial charge in [0.05, 0.1) is 11.6 Å². The zero-order valence-corrected chi connectivity index (χ0v) is 11.6. The van der Waals surface area contributed by atoms with Gasteiger partial charge in [0.1, 0.15) is 5.82 Å². The fourth-order valence-electron chi connectivity index (χ4n) is 1.81. The molecular formula is C14H15FN2OS. The van der Waals surface area contributed by atoms with Gasteiger partial charge in [0.2, 0.25) is 0 Å². The molecule has 5 heteroatoms. The van der Waals surface area contributed by atoms with Gasteiger partial charge in [-0.25, -0.2) is 4.39 Å². The average molecular weight is 278 g/mol. The summed E-state index contributed by atoms with van der Waals surface area (Å²) >= 11 is 1.70. The smallest absolute Gasteiger partial charge is 0.251 e. The van der Waals surface area contributed by atoms with Crippen LogP contribution in [0.5, 0.6) is 0 Å². The van der Waals surface area contributed by atoms with Gasteiger partial charge in [0.15, 0.2) is 0 Å². The van der Waals surface area contributed by atoms with E-state index in [0.29, 0.717) is 5.69 Å². The Bertz CT molecular complexity index is 609. The van der Waals surface area contributed by atoms with Gasteiger partial charge in [0.25, 0.3) is 5.91 Å². The first-order chi connectivity index (χ1) is 8.97. The fourth-order valence-corrected chi connectivity index (χ4v) is 2.69. The molecule has 1 heterocycles. The molecule has 0 aliphatic heterocycles. The predicted molar refractivity (Wildman–Crippen MR) is 76.0 cm³/mol. The topological polar surface area (TPSA) is 55.1 Å². The molecule has 1 aromatic carbocycles. The third-order valence-electron chi connectivity index (χ3n) is 2.80. The van der Waals surface area contributed by atoms with Gasteiger partial charge < -0.3 is 11.1 Å². The fraction of sp³-hybridized carbons (Fsp3) is 0.214. The molecule has 0 radical (unpaired) electrons. The highest BCUT2D eigenvalue weighted by Crippen LogP contribution is 2.26. The van der Waals surface area contributed by atoms with Gasteiger partial charge in [-0.15, -0.1) is 11.3 Å². The van der Waals surface area contributed by atoms with Crippen molar-refractivity contribution in [2.45, 2.75) is 19.9 Å². The monoisotopic (exact) mass is 278 g/mol. The lowest BCUT2D eigenvalue weighted by molar-refractivity contribution is 0.0996. The minimum absolute atomic E-state index is 0.0879. The second-order valence-corrected chi connectivity index (χ2v) is 5.69. The van der Waals surface area contributed by atoms with Crippen LogP contribution in [0.15, 0.2) is 30.3 Å². The van der Waals surface area contributed by atoms with E-state index >= 15 is 0 Å². The Hall–Kier alpha value is -1.88. The first kappa shape index (κ1) is 13.5. The molecule has 2 aromatic rings. The third-order valence-corrected chi connectivity index (χ3v) is 3.99. The van der Waals surface area contributed by atoms with E-state index in [1.54, 1.807) is 17.4 Å². The van der Waals surface area contributed by atoms with Gasteiger partial charge >= 0.3 is 0 Å². The van der Waals surface area contributed by atoms with Crippen molar-refractivity contribution >= 4 is 22.9 Å². The first-order valence-corrected chi connectivity index (χ1v) is 6.71. The molecule has 0 bridgehead atoms. The predicted octanol–water partition coefficient (Wildman–Crippen LogP) is 3.47. The van der Waals surface area contributed by atoms with Crippen molar-refractivity contribution in [1.29, 1.82) is 0 Å². The van der Waals surface area contributed by atoms with E-state index in [0.717, 1.165) is 0 Å². The molecule has 1 unspecified atom stereocenters. The van der Waals surface area contributed by atoms with E-state index in [1.807, 2.05) is 13.8 Å². The Kier molecular flexibility index (Phi) is 3.85. The normalized spacial score (nSPS) is 12.2. The first-order valence-electron chi connectivity index (χ1n) is 5.89. The molecule has 3 N–H and O–H groups in total. The quantitative estimate of drug-likeness (QED) is 0.899. The van der Waals surface area contributed by atoms with E-state index in [4.69, 9.17) is 5.73 Å². The number of rotatable bonds is 4. The van der Waals surface area contributed by atoms with Gasteiger partial charge in [-0.2, -0.15) is 0 Å². The highest BCUT2D eigenvalue weighted by atomic mass is 32.1. The van der Waals surface area contributed by atoms with Crippen molar-refractivity contribution in [3.05, 3.63) is 51.5 Å². The van der Waals surface area contributed by atoms with Gasteiger partial charge in [-0.3, -0.25) is 4.79 Å². The summed E-state index contributed by atoms with van der Waals surface area (Å²) in [6.45, 7) is 4.06. The number of benzene rings is 1. The number of carbonyl (C=O) groups excluding carboxylic acids is 1. The van der Waals surface area contributed by atoms with E-state index in [1.165, 1.54) is 21.9 Å². The Balaban J connectivity index is 2.19. The summed E-state index contributed by atoms with van der Waals surface area (Å²) in [5, 5.41) is 3.23. The van der Waals surface area contributed by atoms with E-state index in [9.17, 15) is 9.18 Å². The molecule has 1 amide bonds. The Labute approximate surface area is 115 Å². The van der Waals surface area contributed by atoms with E-state index < -0.39 is 11.7 Å². The SMILES string of the molecule is Cc1ccc(C(C)Nc2ccc(F)c(C(N)=O)c2)s1. The highest BCUT2D eigenvalue weighted by Gasteiger charge is 2.12. The maximum Gasteiger partial charge on any atom is 0.251 e. The number of nitrogens with two attached hydrogens (primary N) is 1. The van der Waals surface area contributed by atoms with Crippen LogP contribution in [0.3, 0.4) is 0 Å². The maximum atomic E-state index is 13.4. The second-order valence-electron chi connectivity index (χ2n) is 4.37. The molecule has 0 saturated heterocycles. The van der Waals surface area contributed by atoms with Crippen molar-refractivity contribution in [1.82, 2.24) is 0 Å². The Morgan fingerprint density at radius 3 is 2.68 bits per heavy atom. The van der Waals surface area contributed by atoms with Gasteiger partial charge in [-0.1, -0.05) is 0 Å². The number of nitrogens with one attached hydrogen (secondary N) is 1. The summed E-state index contributed by atoms with van der Waals surface area (Å²) in [6, 6.07) is 8.47. The lowest BCUT2D eigenvalue weighted by atomic mass is 10.1. The average Bonchev–Trinajstić information content (AvgIpc) is 2.78. The number of hydrogen-bond acceptors (Lipinski definition) is 3. The van der Waals surface area contributed by atoms with Crippen LogP contribution in [0.2, 0.25) is 0 Å². The molecule has 0 saturated carbocycles. The molecule has 19 heavy (non-hydrogen) atoms. The second kappa shape index (κ2) is 5.40. The van der Waals surface area contributed by atoms with Crippen molar-refractivity contribution in [2.75, 3.05) is 5.32 Å². The molecule has 2 rings (SSSR count). The minimum Gasteiger partial charge on any atom is -0.378 e. The summed E-state index contributed by atoms with van der Waals surface area (Å²) in [4.78, 5) is 13.5. The number of aryl methyl sites for hydroxylation is 1. The van der Waals surface area contributed by atoms with Crippen LogP contribution in [0, 0.1) is 12.7 Å². The lowest BCUT2D eigenvalue weighted by Gasteiger charge is -2.14. The molecule has 3 nitrogen and oxygen atoms in total. The van der Waals surface area contributed by atoms with Crippen molar-refractivity contribution in [2.24, 2.45) is 5.73 Å². The molecule has 0 spiro atoms. The maximum absolute atomic E-state index is 13.4. The number of halogens is 1. The number of hydrogen-bond donors (Lipinski definition) is 2. The summed E-state index contributed by atoms with van der Waals surface area (Å²) < 4.78 is 13.4. The van der Waals surface area contributed by atoms with Gasteiger partial charge in [-0.05, 0) is 44.2 Å². The lowest BCUT2D eigenvalue weighted by Crippen LogP contribution is -2.14. The highest BCUT2D eigenvalue weighted by molar-refractivity contribution is 7.12. The number of carbonyl (C=O) groups is 1. The van der Waals surface area contributed by atoms with Crippen LogP contribution in [0.1, 0.15) is 33.1 Å². The minimum atomic E-state index is -0.763. The zero-order valence-electron chi connectivity index (χ0n) is 10.7. The molecule has 100 valence electrons. The van der Waals surface area contributed by atoms with Crippen LogP contribution in [-0.4, -0.2) is 5.91 Å².